The van der Waals surface area contributed by atoms with E-state index in [1.165, 1.54) is 6.92 Å². The second kappa shape index (κ2) is 12.2. The molecule has 0 amide bonds. The lowest BCUT2D eigenvalue weighted by molar-refractivity contribution is -0.161. The van der Waals surface area contributed by atoms with Crippen LogP contribution in [0.1, 0.15) is 87.7 Å². The average Bonchev–Trinajstić information content (AvgIpc) is 3.49. The number of aryl methyl sites for hydroxylation is 1. The van der Waals surface area contributed by atoms with Crippen LogP contribution in [0.2, 0.25) is 0 Å². The van der Waals surface area contributed by atoms with Crippen molar-refractivity contribution in [1.82, 2.24) is 14.2 Å². The largest absolute Gasteiger partial charge is 0.496 e. The number of hydrogen-bond acceptors (Lipinski definition) is 6. The molecule has 0 saturated heterocycles. The summed E-state index contributed by atoms with van der Waals surface area (Å²) in [5.41, 5.74) is 5.17. The summed E-state index contributed by atoms with van der Waals surface area (Å²) in [6.45, 7) is 5.63. The Morgan fingerprint density at radius 3 is 2.55 bits per heavy atom. The number of methoxy groups -OCH3 is 1. The molecule has 2 heterocycles. The molecule has 42 heavy (non-hydrogen) atoms. The van der Waals surface area contributed by atoms with E-state index in [1.54, 1.807) is 19.4 Å². The molecule has 0 aliphatic heterocycles. The maximum absolute atomic E-state index is 14.4. The van der Waals surface area contributed by atoms with Gasteiger partial charge < -0.3 is 9.47 Å². The first-order valence-electron chi connectivity index (χ1n) is 14.8. The van der Waals surface area contributed by atoms with Crippen LogP contribution in [0.25, 0.3) is 16.8 Å². The molecule has 1 fully saturated rings. The number of nitrogens with zero attached hydrogens (tertiary/aromatic N) is 4. The van der Waals surface area contributed by atoms with E-state index in [9.17, 15) is 14.9 Å². The zero-order valence-electron chi connectivity index (χ0n) is 24.9. The minimum Gasteiger partial charge on any atom is -0.496 e. The summed E-state index contributed by atoms with van der Waals surface area (Å²) >= 11 is 0. The Hall–Kier alpha value is -4.38. The van der Waals surface area contributed by atoms with E-state index in [1.807, 2.05) is 51.5 Å². The molecule has 4 aromatic rings. The van der Waals surface area contributed by atoms with Crippen LogP contribution in [0.15, 0.2) is 59.5 Å². The fourth-order valence-electron chi connectivity index (χ4n) is 6.52. The second-order valence-electron chi connectivity index (χ2n) is 11.2. The Kier molecular flexibility index (Phi) is 8.49. The van der Waals surface area contributed by atoms with Crippen LogP contribution < -0.4 is 10.3 Å². The van der Waals surface area contributed by atoms with Gasteiger partial charge in [-0.05, 0) is 56.2 Å². The second-order valence-corrected chi connectivity index (χ2v) is 11.2. The van der Waals surface area contributed by atoms with Crippen molar-refractivity contribution in [3.8, 4) is 22.9 Å². The van der Waals surface area contributed by atoms with Gasteiger partial charge in [0.25, 0.3) is 5.56 Å². The molecule has 8 nitrogen and oxygen atoms in total. The normalized spacial score (nSPS) is 18.5. The number of fused-ring (bicyclic) bond motifs is 1. The molecule has 0 bridgehead atoms. The predicted octanol–water partition coefficient (Wildman–Crippen LogP) is 6.41. The summed E-state index contributed by atoms with van der Waals surface area (Å²) in [4.78, 5) is 26.2. The van der Waals surface area contributed by atoms with Gasteiger partial charge in [0.1, 0.15) is 17.0 Å². The molecule has 1 aliphatic carbocycles. The van der Waals surface area contributed by atoms with Gasteiger partial charge in [0, 0.05) is 42.1 Å². The van der Waals surface area contributed by atoms with E-state index in [0.717, 1.165) is 78.5 Å². The molecule has 5 rings (SSSR count). The van der Waals surface area contributed by atoms with E-state index < -0.39 is 5.60 Å². The standard InChI is InChI=1S/C34H38N4O4/c1-5-9-30-29(20-24-12-13-28(31(21-24)41-4)27-11-8-7-10-25(27)22-35)33(40)37(32-16-19-36-38(30)32)26-14-17-34(6-2,18-15-26)42-23(3)39/h7-8,10-13,16,19,21,26H,5-6,9,14-15,17-18,20H2,1-4H3. The van der Waals surface area contributed by atoms with Crippen LogP contribution in [0, 0.1) is 11.3 Å². The van der Waals surface area contributed by atoms with Gasteiger partial charge in [-0.15, -0.1) is 0 Å². The predicted molar refractivity (Wildman–Crippen MR) is 162 cm³/mol. The number of carbonyl (C=O) groups is 1. The molecule has 0 atom stereocenters. The number of rotatable bonds is 9. The summed E-state index contributed by atoms with van der Waals surface area (Å²) in [5, 5.41) is 14.3. The minimum absolute atomic E-state index is 0.00537. The summed E-state index contributed by atoms with van der Waals surface area (Å²) in [6, 6.07) is 17.6. The van der Waals surface area contributed by atoms with Gasteiger partial charge in [0.05, 0.1) is 30.6 Å². The topological polar surface area (TPSA) is 98.6 Å². The van der Waals surface area contributed by atoms with Crippen molar-refractivity contribution in [1.29, 1.82) is 5.26 Å². The van der Waals surface area contributed by atoms with Crippen molar-refractivity contribution in [3.05, 3.63) is 87.5 Å². The van der Waals surface area contributed by atoms with Crippen molar-refractivity contribution < 1.29 is 14.3 Å². The number of nitriles is 1. The van der Waals surface area contributed by atoms with Gasteiger partial charge in [-0.1, -0.05) is 50.6 Å². The van der Waals surface area contributed by atoms with Crippen LogP contribution in [0.3, 0.4) is 0 Å². The van der Waals surface area contributed by atoms with Gasteiger partial charge in [-0.2, -0.15) is 10.4 Å². The van der Waals surface area contributed by atoms with Gasteiger partial charge in [0.15, 0.2) is 0 Å². The minimum atomic E-state index is -0.462. The third-order valence-corrected chi connectivity index (χ3v) is 8.66. The number of esters is 1. The monoisotopic (exact) mass is 566 g/mol. The van der Waals surface area contributed by atoms with Crippen molar-refractivity contribution in [2.24, 2.45) is 0 Å². The Morgan fingerprint density at radius 2 is 1.88 bits per heavy atom. The summed E-state index contributed by atoms with van der Waals surface area (Å²) in [6.07, 6.45) is 7.48. The molecule has 2 aromatic carbocycles. The number of benzene rings is 2. The molecule has 8 heteroatoms. The molecule has 0 spiro atoms. The fraction of sp³-hybridized carbons (Fsp3) is 0.412. The highest BCUT2D eigenvalue weighted by Crippen LogP contribution is 2.40. The van der Waals surface area contributed by atoms with Crippen molar-refractivity contribution in [3.63, 3.8) is 0 Å². The number of carbonyl (C=O) groups excluding carboxylic acids is 1. The zero-order chi connectivity index (χ0) is 29.9. The first-order chi connectivity index (χ1) is 20.3. The molecule has 2 aromatic heterocycles. The van der Waals surface area contributed by atoms with Crippen LogP contribution >= 0.6 is 0 Å². The van der Waals surface area contributed by atoms with Crippen LogP contribution in [-0.4, -0.2) is 32.9 Å². The molecule has 218 valence electrons. The fourth-order valence-corrected chi connectivity index (χ4v) is 6.52. The quantitative estimate of drug-likeness (QED) is 0.217. The van der Waals surface area contributed by atoms with Crippen LogP contribution in [0.5, 0.6) is 5.75 Å². The van der Waals surface area contributed by atoms with Gasteiger partial charge in [0.2, 0.25) is 0 Å². The Labute approximate surface area is 246 Å². The lowest BCUT2D eigenvalue weighted by Gasteiger charge is -2.39. The van der Waals surface area contributed by atoms with Gasteiger partial charge in [-0.25, -0.2) is 4.52 Å². The molecule has 1 saturated carbocycles. The lowest BCUT2D eigenvalue weighted by atomic mass is 9.80. The third kappa shape index (κ3) is 5.44. The van der Waals surface area contributed by atoms with Crippen molar-refractivity contribution >= 4 is 11.6 Å². The molecule has 0 unspecified atom stereocenters. The summed E-state index contributed by atoms with van der Waals surface area (Å²) < 4.78 is 15.4. The zero-order valence-corrected chi connectivity index (χ0v) is 24.9. The molecule has 0 N–H and O–H groups in total. The number of hydrogen-bond donors (Lipinski definition) is 0. The Morgan fingerprint density at radius 1 is 1.12 bits per heavy atom. The molecule has 1 aliphatic rings. The summed E-state index contributed by atoms with van der Waals surface area (Å²) in [5.74, 6) is 0.399. The van der Waals surface area contributed by atoms with Crippen LogP contribution in [0.4, 0.5) is 0 Å². The van der Waals surface area contributed by atoms with E-state index >= 15 is 0 Å². The highest BCUT2D eigenvalue weighted by atomic mass is 16.6. The lowest BCUT2D eigenvalue weighted by Crippen LogP contribution is -2.41. The van der Waals surface area contributed by atoms with Gasteiger partial charge >= 0.3 is 5.97 Å². The van der Waals surface area contributed by atoms with E-state index in [0.29, 0.717) is 17.7 Å². The smallest absolute Gasteiger partial charge is 0.303 e. The molecular weight excluding hydrogens is 528 g/mol. The van der Waals surface area contributed by atoms with Gasteiger partial charge in [-0.3, -0.25) is 14.2 Å². The van der Waals surface area contributed by atoms with E-state index in [2.05, 4.69) is 25.0 Å². The number of ether oxygens (including phenoxy) is 2. The third-order valence-electron chi connectivity index (χ3n) is 8.66. The van der Waals surface area contributed by atoms with Crippen molar-refractivity contribution in [2.75, 3.05) is 7.11 Å². The molecular formula is C34H38N4O4. The highest BCUT2D eigenvalue weighted by Gasteiger charge is 2.38. The Bertz CT molecular complexity index is 1700. The SMILES string of the molecule is CCCc1c(Cc2ccc(-c3ccccc3C#N)c(OC)c2)c(=O)n(C2CCC(CC)(OC(C)=O)CC2)c2ccnn12. The average molecular weight is 567 g/mol. The first kappa shape index (κ1) is 29.1. The maximum Gasteiger partial charge on any atom is 0.303 e. The van der Waals surface area contributed by atoms with E-state index in [4.69, 9.17) is 9.47 Å². The van der Waals surface area contributed by atoms with E-state index in [-0.39, 0.29) is 17.6 Å². The Balaban J connectivity index is 1.56. The number of aromatic nitrogens is 3. The van der Waals surface area contributed by atoms with Crippen molar-refractivity contribution in [2.45, 2.75) is 83.8 Å². The highest BCUT2D eigenvalue weighted by molar-refractivity contribution is 5.76. The summed E-state index contributed by atoms with van der Waals surface area (Å²) in [7, 11) is 1.62. The maximum atomic E-state index is 14.4. The molecule has 0 radical (unpaired) electrons. The van der Waals surface area contributed by atoms with Crippen LogP contribution in [-0.2, 0) is 22.4 Å². The first-order valence-corrected chi connectivity index (χ1v) is 14.8.